The summed E-state index contributed by atoms with van der Waals surface area (Å²) >= 11 is 0. The van der Waals surface area contributed by atoms with Crippen LogP contribution in [0.3, 0.4) is 0 Å². The van der Waals surface area contributed by atoms with E-state index in [2.05, 4.69) is 12.2 Å². The first-order chi connectivity index (χ1) is 9.85. The van der Waals surface area contributed by atoms with E-state index in [9.17, 15) is 9.59 Å². The van der Waals surface area contributed by atoms with Crippen molar-refractivity contribution in [2.75, 3.05) is 24.2 Å². The maximum Gasteiger partial charge on any atom is 0.335 e. The SMILES string of the molecule is CCCC(C)NC(=O)CN(C)c1ccc(C(=O)O)cc1N. The Morgan fingerprint density at radius 3 is 2.62 bits per heavy atom. The molecular formula is C15H23N3O3. The van der Waals surface area contributed by atoms with Gasteiger partial charge in [0.05, 0.1) is 23.5 Å². The minimum atomic E-state index is -1.03. The van der Waals surface area contributed by atoms with Gasteiger partial charge in [-0.1, -0.05) is 13.3 Å². The summed E-state index contributed by atoms with van der Waals surface area (Å²) in [4.78, 5) is 24.5. The van der Waals surface area contributed by atoms with Crippen molar-refractivity contribution in [3.05, 3.63) is 23.8 Å². The van der Waals surface area contributed by atoms with Gasteiger partial charge >= 0.3 is 5.97 Å². The van der Waals surface area contributed by atoms with Crippen molar-refractivity contribution in [3.8, 4) is 0 Å². The number of nitrogens with zero attached hydrogens (tertiary/aromatic N) is 1. The lowest BCUT2D eigenvalue weighted by Gasteiger charge is -2.22. The number of rotatable bonds is 7. The molecule has 21 heavy (non-hydrogen) atoms. The molecule has 0 radical (unpaired) electrons. The van der Waals surface area contributed by atoms with Crippen LogP contribution in [0.25, 0.3) is 0 Å². The Balaban J connectivity index is 2.69. The zero-order valence-electron chi connectivity index (χ0n) is 12.7. The van der Waals surface area contributed by atoms with Crippen molar-refractivity contribution in [1.82, 2.24) is 5.32 Å². The fraction of sp³-hybridized carbons (Fsp3) is 0.467. The van der Waals surface area contributed by atoms with Crippen molar-refractivity contribution in [2.45, 2.75) is 32.7 Å². The number of aromatic carboxylic acids is 1. The molecule has 6 heteroatoms. The lowest BCUT2D eigenvalue weighted by atomic mass is 10.1. The van der Waals surface area contributed by atoms with E-state index in [4.69, 9.17) is 10.8 Å². The van der Waals surface area contributed by atoms with Crippen LogP contribution in [0.15, 0.2) is 18.2 Å². The van der Waals surface area contributed by atoms with Gasteiger partial charge in [0.15, 0.2) is 0 Å². The molecule has 1 aromatic rings. The predicted octanol–water partition coefficient (Wildman–Crippen LogP) is 1.71. The molecule has 1 unspecified atom stereocenters. The highest BCUT2D eigenvalue weighted by Crippen LogP contribution is 2.23. The van der Waals surface area contributed by atoms with E-state index in [1.807, 2.05) is 6.92 Å². The van der Waals surface area contributed by atoms with Crippen molar-refractivity contribution in [1.29, 1.82) is 0 Å². The number of hydrogen-bond acceptors (Lipinski definition) is 4. The zero-order chi connectivity index (χ0) is 16.0. The van der Waals surface area contributed by atoms with Crippen LogP contribution in [0.1, 0.15) is 37.0 Å². The van der Waals surface area contributed by atoms with Gasteiger partial charge in [-0.05, 0) is 31.5 Å². The van der Waals surface area contributed by atoms with Crippen LogP contribution < -0.4 is 16.0 Å². The van der Waals surface area contributed by atoms with Gasteiger partial charge in [-0.3, -0.25) is 4.79 Å². The van der Waals surface area contributed by atoms with E-state index in [0.29, 0.717) is 11.4 Å². The topological polar surface area (TPSA) is 95.7 Å². The summed E-state index contributed by atoms with van der Waals surface area (Å²) in [6.07, 6.45) is 1.95. The first-order valence-electron chi connectivity index (χ1n) is 6.98. The molecule has 0 aromatic heterocycles. The molecule has 1 atom stereocenters. The third-order valence-corrected chi connectivity index (χ3v) is 3.20. The summed E-state index contributed by atoms with van der Waals surface area (Å²) < 4.78 is 0. The third kappa shape index (κ3) is 4.98. The van der Waals surface area contributed by atoms with Crippen molar-refractivity contribution >= 4 is 23.3 Å². The van der Waals surface area contributed by atoms with E-state index in [1.165, 1.54) is 12.1 Å². The highest BCUT2D eigenvalue weighted by Gasteiger charge is 2.13. The van der Waals surface area contributed by atoms with Gasteiger partial charge < -0.3 is 21.1 Å². The summed E-state index contributed by atoms with van der Waals surface area (Å²) in [6, 6.07) is 4.62. The van der Waals surface area contributed by atoms with E-state index >= 15 is 0 Å². The Labute approximate surface area is 124 Å². The van der Waals surface area contributed by atoms with Crippen LogP contribution in [0.2, 0.25) is 0 Å². The van der Waals surface area contributed by atoms with Crippen molar-refractivity contribution in [3.63, 3.8) is 0 Å². The van der Waals surface area contributed by atoms with E-state index in [-0.39, 0.29) is 24.1 Å². The molecule has 0 saturated heterocycles. The second-order valence-corrected chi connectivity index (χ2v) is 5.19. The van der Waals surface area contributed by atoms with Gasteiger partial charge in [-0.2, -0.15) is 0 Å². The monoisotopic (exact) mass is 293 g/mol. The minimum absolute atomic E-state index is 0.0832. The second-order valence-electron chi connectivity index (χ2n) is 5.19. The molecule has 0 spiro atoms. The predicted molar refractivity (Wildman–Crippen MR) is 83.6 cm³/mol. The molecule has 0 bridgehead atoms. The number of carboxylic acids is 1. The van der Waals surface area contributed by atoms with Crippen molar-refractivity contribution < 1.29 is 14.7 Å². The molecule has 1 aromatic carbocycles. The highest BCUT2D eigenvalue weighted by atomic mass is 16.4. The Kier molecular flexibility index (Phi) is 6.02. The molecule has 4 N–H and O–H groups in total. The quantitative estimate of drug-likeness (QED) is 0.665. The number of anilines is 2. The third-order valence-electron chi connectivity index (χ3n) is 3.20. The summed E-state index contributed by atoms with van der Waals surface area (Å²) in [5, 5.41) is 11.8. The Bertz CT molecular complexity index is 517. The van der Waals surface area contributed by atoms with Crippen LogP contribution in [0.5, 0.6) is 0 Å². The lowest BCUT2D eigenvalue weighted by molar-refractivity contribution is -0.120. The number of carbonyl (C=O) groups is 2. The summed E-state index contributed by atoms with van der Waals surface area (Å²) in [5.41, 5.74) is 6.96. The molecule has 0 aliphatic rings. The van der Waals surface area contributed by atoms with Crippen LogP contribution >= 0.6 is 0 Å². The maximum atomic E-state index is 11.9. The molecule has 1 rings (SSSR count). The average molecular weight is 293 g/mol. The fourth-order valence-corrected chi connectivity index (χ4v) is 2.16. The van der Waals surface area contributed by atoms with E-state index < -0.39 is 5.97 Å². The van der Waals surface area contributed by atoms with Crippen LogP contribution in [0, 0.1) is 0 Å². The first kappa shape index (κ1) is 16.8. The molecule has 116 valence electrons. The van der Waals surface area contributed by atoms with Gasteiger partial charge in [0.2, 0.25) is 5.91 Å². The minimum Gasteiger partial charge on any atom is -0.478 e. The number of nitrogen functional groups attached to an aromatic ring is 1. The Hall–Kier alpha value is -2.24. The normalized spacial score (nSPS) is 11.8. The number of likely N-dealkylation sites (N-methyl/N-ethyl adjacent to an activating group) is 1. The summed E-state index contributed by atoms with van der Waals surface area (Å²) in [7, 11) is 1.75. The van der Waals surface area contributed by atoms with Gasteiger partial charge in [0, 0.05) is 13.1 Å². The number of nitrogens with two attached hydrogens (primary N) is 1. The highest BCUT2D eigenvalue weighted by molar-refractivity contribution is 5.91. The molecule has 0 aliphatic heterocycles. The summed E-state index contributed by atoms with van der Waals surface area (Å²) in [5.74, 6) is -1.11. The average Bonchev–Trinajstić information content (AvgIpc) is 2.37. The smallest absolute Gasteiger partial charge is 0.335 e. The fourth-order valence-electron chi connectivity index (χ4n) is 2.16. The Morgan fingerprint density at radius 2 is 2.10 bits per heavy atom. The van der Waals surface area contributed by atoms with Crippen LogP contribution in [0.4, 0.5) is 11.4 Å². The largest absolute Gasteiger partial charge is 0.478 e. The van der Waals surface area contributed by atoms with Gasteiger partial charge in [-0.15, -0.1) is 0 Å². The number of carbonyl (C=O) groups excluding carboxylic acids is 1. The number of nitrogens with one attached hydrogen (secondary N) is 1. The van der Waals surface area contributed by atoms with Crippen molar-refractivity contribution in [2.24, 2.45) is 0 Å². The molecule has 0 aliphatic carbocycles. The molecule has 6 nitrogen and oxygen atoms in total. The van der Waals surface area contributed by atoms with Gasteiger partial charge in [0.1, 0.15) is 0 Å². The standard InChI is InChI=1S/C15H23N3O3/c1-4-5-10(2)17-14(19)9-18(3)13-7-6-11(15(20)21)8-12(13)16/h6-8,10H,4-5,9,16H2,1-3H3,(H,17,19)(H,20,21). The maximum absolute atomic E-state index is 11.9. The van der Waals surface area contributed by atoms with E-state index in [1.54, 1.807) is 18.0 Å². The van der Waals surface area contributed by atoms with Gasteiger partial charge in [-0.25, -0.2) is 4.79 Å². The molecule has 0 fully saturated rings. The van der Waals surface area contributed by atoms with Gasteiger partial charge in [0.25, 0.3) is 0 Å². The number of amides is 1. The van der Waals surface area contributed by atoms with E-state index in [0.717, 1.165) is 12.8 Å². The number of hydrogen-bond donors (Lipinski definition) is 3. The number of benzene rings is 1. The molecule has 0 saturated carbocycles. The summed E-state index contributed by atoms with van der Waals surface area (Å²) in [6.45, 7) is 4.21. The second kappa shape index (κ2) is 7.52. The first-order valence-corrected chi connectivity index (χ1v) is 6.98. The molecular weight excluding hydrogens is 270 g/mol. The lowest BCUT2D eigenvalue weighted by Crippen LogP contribution is -2.39. The zero-order valence-corrected chi connectivity index (χ0v) is 12.7. The molecule has 0 heterocycles. The van der Waals surface area contributed by atoms with Crippen LogP contribution in [-0.2, 0) is 4.79 Å². The Morgan fingerprint density at radius 1 is 1.43 bits per heavy atom. The molecule has 1 amide bonds. The van der Waals surface area contributed by atoms with Crippen LogP contribution in [-0.4, -0.2) is 36.6 Å². The number of carboxylic acid groups (broad SMARTS) is 1.